The summed E-state index contributed by atoms with van der Waals surface area (Å²) in [4.78, 5) is 12.5. The molecule has 0 spiro atoms. The third-order valence-electron chi connectivity index (χ3n) is 4.03. The van der Waals surface area contributed by atoms with E-state index in [0.29, 0.717) is 12.5 Å². The minimum atomic E-state index is -0.195. The number of nitriles is 1. The van der Waals surface area contributed by atoms with Gasteiger partial charge in [0.25, 0.3) is 5.56 Å². The lowest BCUT2D eigenvalue weighted by molar-refractivity contribution is 0.510. The molecule has 0 aliphatic heterocycles. The van der Waals surface area contributed by atoms with Crippen LogP contribution in [0.4, 0.5) is 0 Å². The van der Waals surface area contributed by atoms with Crippen LogP contribution in [0.5, 0.6) is 0 Å². The molecule has 0 unspecified atom stereocenters. The van der Waals surface area contributed by atoms with Crippen LogP contribution in [0.1, 0.15) is 37.0 Å². The van der Waals surface area contributed by atoms with Crippen LogP contribution < -0.4 is 5.56 Å². The summed E-state index contributed by atoms with van der Waals surface area (Å²) in [5, 5.41) is 9.10. The molecule has 0 saturated heterocycles. The number of rotatable bonds is 4. The Morgan fingerprint density at radius 1 is 1.14 bits per heavy atom. The van der Waals surface area contributed by atoms with Crippen molar-refractivity contribution in [1.82, 2.24) is 4.57 Å². The predicted molar refractivity (Wildman–Crippen MR) is 89.8 cm³/mol. The average Bonchev–Trinajstić information content (AvgIpc) is 2.48. The first-order valence-corrected chi connectivity index (χ1v) is 7.65. The molecule has 0 bridgehead atoms. The number of aromatic nitrogens is 1. The van der Waals surface area contributed by atoms with Crippen LogP contribution in [0.25, 0.3) is 11.3 Å². The number of pyridine rings is 1. The first-order chi connectivity index (χ1) is 10.4. The lowest BCUT2D eigenvalue weighted by Gasteiger charge is -2.15. The van der Waals surface area contributed by atoms with Crippen molar-refractivity contribution < 1.29 is 0 Å². The molecule has 22 heavy (non-hydrogen) atoms. The number of benzene rings is 1. The Bertz CT molecular complexity index is 779. The fourth-order valence-corrected chi connectivity index (χ4v) is 2.43. The first-order valence-electron chi connectivity index (χ1n) is 7.65. The highest BCUT2D eigenvalue weighted by molar-refractivity contribution is 5.62. The molecule has 0 radical (unpaired) electrons. The van der Waals surface area contributed by atoms with Crippen molar-refractivity contribution in [3.63, 3.8) is 0 Å². The summed E-state index contributed by atoms with van der Waals surface area (Å²) >= 11 is 0. The summed E-state index contributed by atoms with van der Waals surface area (Å²) in [5.74, 6) is 0.505. The lowest BCUT2D eigenvalue weighted by Crippen LogP contribution is -2.24. The molecule has 0 amide bonds. The van der Waals surface area contributed by atoms with E-state index in [1.54, 1.807) is 10.6 Å². The molecule has 1 aromatic carbocycles. The van der Waals surface area contributed by atoms with Crippen molar-refractivity contribution in [2.45, 2.75) is 40.7 Å². The van der Waals surface area contributed by atoms with Gasteiger partial charge in [0.15, 0.2) is 0 Å². The highest BCUT2D eigenvalue weighted by Gasteiger charge is 2.11. The monoisotopic (exact) mass is 294 g/mol. The van der Waals surface area contributed by atoms with Crippen molar-refractivity contribution in [3.05, 3.63) is 57.4 Å². The molecule has 0 N–H and O–H groups in total. The number of nitrogens with zero attached hydrogens (tertiary/aromatic N) is 2. The molecular formula is C19H22N2O. The van der Waals surface area contributed by atoms with Crippen molar-refractivity contribution >= 4 is 0 Å². The van der Waals surface area contributed by atoms with E-state index in [9.17, 15) is 4.79 Å². The van der Waals surface area contributed by atoms with E-state index in [2.05, 4.69) is 39.8 Å². The van der Waals surface area contributed by atoms with E-state index in [0.717, 1.165) is 17.7 Å². The Balaban J connectivity index is 2.59. The van der Waals surface area contributed by atoms with Gasteiger partial charge in [0.05, 0.1) is 5.69 Å². The smallest absolute Gasteiger partial charge is 0.268 e. The Hall–Kier alpha value is -2.34. The Kier molecular flexibility index (Phi) is 4.82. The van der Waals surface area contributed by atoms with Gasteiger partial charge >= 0.3 is 0 Å². The molecule has 2 rings (SSSR count). The highest BCUT2D eigenvalue weighted by Crippen LogP contribution is 2.22. The van der Waals surface area contributed by atoms with E-state index >= 15 is 0 Å². The van der Waals surface area contributed by atoms with Gasteiger partial charge < -0.3 is 4.57 Å². The molecule has 0 aliphatic rings. The molecule has 2 aromatic rings. The Labute approximate surface area is 131 Å². The van der Waals surface area contributed by atoms with Gasteiger partial charge in [-0.1, -0.05) is 26.0 Å². The quantitative estimate of drug-likeness (QED) is 0.854. The van der Waals surface area contributed by atoms with Crippen LogP contribution in [0.3, 0.4) is 0 Å². The molecule has 0 aliphatic carbocycles. The van der Waals surface area contributed by atoms with Crippen LogP contribution >= 0.6 is 0 Å². The van der Waals surface area contributed by atoms with Crippen LogP contribution in [-0.4, -0.2) is 4.57 Å². The molecular weight excluding hydrogens is 272 g/mol. The second-order valence-electron chi connectivity index (χ2n) is 6.18. The van der Waals surface area contributed by atoms with Crippen LogP contribution in [0.2, 0.25) is 0 Å². The molecule has 3 heteroatoms. The summed E-state index contributed by atoms with van der Waals surface area (Å²) in [7, 11) is 0. The normalized spacial score (nSPS) is 10.7. The van der Waals surface area contributed by atoms with E-state index in [1.165, 1.54) is 11.1 Å². The lowest BCUT2D eigenvalue weighted by atomic mass is 10.0. The highest BCUT2D eigenvalue weighted by atomic mass is 16.1. The summed E-state index contributed by atoms with van der Waals surface area (Å²) < 4.78 is 1.74. The number of aryl methyl sites for hydroxylation is 2. The van der Waals surface area contributed by atoms with E-state index < -0.39 is 0 Å². The van der Waals surface area contributed by atoms with Gasteiger partial charge in [-0.3, -0.25) is 4.79 Å². The van der Waals surface area contributed by atoms with Crippen molar-refractivity contribution in [2.24, 2.45) is 5.92 Å². The zero-order chi connectivity index (χ0) is 16.3. The molecule has 0 saturated carbocycles. The fraction of sp³-hybridized carbons (Fsp3) is 0.368. The molecule has 3 nitrogen and oxygen atoms in total. The fourth-order valence-electron chi connectivity index (χ4n) is 2.43. The van der Waals surface area contributed by atoms with Gasteiger partial charge in [-0.2, -0.15) is 5.26 Å². The van der Waals surface area contributed by atoms with Gasteiger partial charge in [0, 0.05) is 6.54 Å². The zero-order valence-electron chi connectivity index (χ0n) is 13.7. The van der Waals surface area contributed by atoms with Crippen LogP contribution in [-0.2, 0) is 6.54 Å². The predicted octanol–water partition coefficient (Wildman–Crippen LogP) is 4.05. The molecule has 1 aromatic heterocycles. The maximum Gasteiger partial charge on any atom is 0.268 e. The standard InChI is InChI=1S/C19H22N2O/c1-13(2)9-10-21-18(8-7-17(12-20)19(21)22)16-6-5-14(3)15(4)11-16/h5-8,11,13H,9-10H2,1-4H3. The van der Waals surface area contributed by atoms with Crippen molar-refractivity contribution in [1.29, 1.82) is 5.26 Å². The third kappa shape index (κ3) is 3.28. The Morgan fingerprint density at radius 3 is 2.45 bits per heavy atom. The van der Waals surface area contributed by atoms with Gasteiger partial charge in [0.1, 0.15) is 11.6 Å². The van der Waals surface area contributed by atoms with Gasteiger partial charge in [-0.05, 0) is 61.1 Å². The van der Waals surface area contributed by atoms with Crippen molar-refractivity contribution in [2.75, 3.05) is 0 Å². The summed E-state index contributed by atoms with van der Waals surface area (Å²) in [6.45, 7) is 9.04. The second-order valence-corrected chi connectivity index (χ2v) is 6.18. The SMILES string of the molecule is Cc1ccc(-c2ccc(C#N)c(=O)n2CCC(C)C)cc1C. The molecule has 0 fully saturated rings. The summed E-state index contributed by atoms with van der Waals surface area (Å²) in [5.41, 5.74) is 4.34. The van der Waals surface area contributed by atoms with Gasteiger partial charge in [0.2, 0.25) is 0 Å². The minimum absolute atomic E-state index is 0.195. The van der Waals surface area contributed by atoms with E-state index in [4.69, 9.17) is 5.26 Å². The average molecular weight is 294 g/mol. The Morgan fingerprint density at radius 2 is 1.86 bits per heavy atom. The van der Waals surface area contributed by atoms with Crippen LogP contribution in [0.15, 0.2) is 35.1 Å². The van der Waals surface area contributed by atoms with E-state index in [-0.39, 0.29) is 11.1 Å². The van der Waals surface area contributed by atoms with E-state index in [1.807, 2.05) is 18.2 Å². The maximum atomic E-state index is 12.5. The van der Waals surface area contributed by atoms with Gasteiger partial charge in [-0.25, -0.2) is 0 Å². The van der Waals surface area contributed by atoms with Crippen molar-refractivity contribution in [3.8, 4) is 17.3 Å². The number of hydrogen-bond donors (Lipinski definition) is 0. The third-order valence-corrected chi connectivity index (χ3v) is 4.03. The largest absolute Gasteiger partial charge is 0.307 e. The summed E-state index contributed by atoms with van der Waals surface area (Å²) in [6.07, 6.45) is 0.909. The maximum absolute atomic E-state index is 12.5. The topological polar surface area (TPSA) is 45.8 Å². The number of hydrogen-bond acceptors (Lipinski definition) is 2. The first kappa shape index (κ1) is 16.0. The van der Waals surface area contributed by atoms with Crippen LogP contribution in [0, 0.1) is 31.1 Å². The molecule has 0 atom stereocenters. The van der Waals surface area contributed by atoms with Gasteiger partial charge in [-0.15, -0.1) is 0 Å². The molecule has 1 heterocycles. The minimum Gasteiger partial charge on any atom is -0.307 e. The summed E-state index contributed by atoms with van der Waals surface area (Å²) in [6, 6.07) is 11.7. The zero-order valence-corrected chi connectivity index (χ0v) is 13.7. The second kappa shape index (κ2) is 6.62. The molecule has 114 valence electrons.